The van der Waals surface area contributed by atoms with Crippen LogP contribution < -0.4 is 5.73 Å². The molecule has 0 aromatic rings. The molecule has 4 N–H and O–H groups in total. The van der Waals surface area contributed by atoms with E-state index in [1.54, 1.807) is 0 Å². The molecule has 0 amide bonds. The van der Waals surface area contributed by atoms with Crippen LogP contribution in [0.5, 0.6) is 0 Å². The summed E-state index contributed by atoms with van der Waals surface area (Å²) in [6.07, 6.45) is -0.532. The summed E-state index contributed by atoms with van der Waals surface area (Å²) in [6.45, 7) is 0. The van der Waals surface area contributed by atoms with Gasteiger partial charge in [-0.3, -0.25) is 9.59 Å². The van der Waals surface area contributed by atoms with Crippen LogP contribution in [0.25, 0.3) is 0 Å². The molecule has 11 heavy (non-hydrogen) atoms. The Kier molecular flexibility index (Phi) is 12.5. The van der Waals surface area contributed by atoms with Crippen molar-refractivity contribution < 1.29 is 19.8 Å². The maximum absolute atomic E-state index is 9.85. The minimum atomic E-state index is -1.29. The zero-order chi connectivity index (χ0) is 7.44. The van der Waals surface area contributed by atoms with Crippen molar-refractivity contribution in [3.63, 3.8) is 0 Å². The van der Waals surface area contributed by atoms with Gasteiger partial charge in [-0.1, -0.05) is 0 Å². The molecule has 0 heterocycles. The Morgan fingerprint density at radius 1 is 1.27 bits per heavy atom. The molecule has 0 fully saturated rings. The molecule has 7 heteroatoms. The molecule has 68 valence electrons. The number of carboxylic acid groups (broad SMARTS) is 2. The van der Waals surface area contributed by atoms with E-state index in [1.165, 1.54) is 0 Å². The van der Waals surface area contributed by atoms with Crippen molar-refractivity contribution in [1.82, 2.24) is 0 Å². The normalized spacial score (nSPS) is 10.3. The van der Waals surface area contributed by atoms with E-state index in [0.29, 0.717) is 0 Å². The summed E-state index contributed by atoms with van der Waals surface area (Å²) in [4.78, 5) is 19.6. The molecule has 0 aromatic heterocycles. The molecule has 0 aromatic carbocycles. The van der Waals surface area contributed by atoms with E-state index in [9.17, 15) is 9.59 Å². The summed E-state index contributed by atoms with van der Waals surface area (Å²) < 4.78 is 0. The Balaban J connectivity index is -0.000000320. The Morgan fingerprint density at radius 3 is 1.73 bits per heavy atom. The van der Waals surface area contributed by atoms with E-state index in [4.69, 9.17) is 15.9 Å². The van der Waals surface area contributed by atoms with Crippen molar-refractivity contribution in [2.45, 2.75) is 12.5 Å². The molecule has 0 rings (SSSR count). The fourth-order valence-corrected chi connectivity index (χ4v) is 0.275. The van der Waals surface area contributed by atoms with Crippen molar-refractivity contribution in [2.75, 3.05) is 0 Å². The van der Waals surface area contributed by atoms with Crippen LogP contribution in [0.15, 0.2) is 0 Å². The molecule has 5 nitrogen and oxygen atoms in total. The van der Waals surface area contributed by atoms with Crippen LogP contribution in [0.4, 0.5) is 0 Å². The van der Waals surface area contributed by atoms with Gasteiger partial charge in [0.25, 0.3) is 0 Å². The standard InChI is InChI=1S/C4H7NO4.2H2Se/c5-2(4(8)9)1-3(6)7;;/h2H,1,5H2,(H,6,7)(H,8,9);2*1H2/t2-;;/m0../s1. The third kappa shape index (κ3) is 9.94. The predicted octanol–water partition coefficient (Wildman–Crippen LogP) is -2.96. The van der Waals surface area contributed by atoms with Crippen LogP contribution in [0.2, 0.25) is 0 Å². The SMILES string of the molecule is N[C@@H](CC(=O)O)C(=O)O.[SeH2].[SeH2]. The number of carbonyl (C=O) groups is 2. The van der Waals surface area contributed by atoms with Crippen LogP contribution in [-0.2, 0) is 9.59 Å². The Hall–Kier alpha value is -0.0610. The molecular formula is C4H11NO4Se2. The zero-order valence-electron chi connectivity index (χ0n) is 5.57. The summed E-state index contributed by atoms with van der Waals surface area (Å²) >= 11 is 0. The summed E-state index contributed by atoms with van der Waals surface area (Å²) in [5, 5.41) is 16.0. The number of hydrogen-bond acceptors (Lipinski definition) is 3. The van der Waals surface area contributed by atoms with Gasteiger partial charge in [0.15, 0.2) is 0 Å². The van der Waals surface area contributed by atoms with Gasteiger partial charge in [-0.15, -0.1) is 0 Å². The fourth-order valence-electron chi connectivity index (χ4n) is 0.275. The molecule has 1 atom stereocenters. The molecule has 0 aliphatic heterocycles. The van der Waals surface area contributed by atoms with E-state index >= 15 is 0 Å². The number of aliphatic carboxylic acids is 2. The van der Waals surface area contributed by atoms with Crippen LogP contribution in [0, 0.1) is 0 Å². The Morgan fingerprint density at radius 2 is 1.64 bits per heavy atom. The summed E-state index contributed by atoms with van der Waals surface area (Å²) in [5.74, 6) is -2.50. The van der Waals surface area contributed by atoms with Gasteiger partial charge in [0.2, 0.25) is 0 Å². The van der Waals surface area contributed by atoms with E-state index in [0.717, 1.165) is 0 Å². The number of hydrogen-bond donors (Lipinski definition) is 3. The van der Waals surface area contributed by atoms with Gasteiger partial charge in [0.1, 0.15) is 6.04 Å². The van der Waals surface area contributed by atoms with Crippen LogP contribution >= 0.6 is 0 Å². The van der Waals surface area contributed by atoms with Gasteiger partial charge in [-0.2, -0.15) is 0 Å². The van der Waals surface area contributed by atoms with Gasteiger partial charge < -0.3 is 15.9 Å². The van der Waals surface area contributed by atoms with E-state index in [-0.39, 0.29) is 34.1 Å². The van der Waals surface area contributed by atoms with Gasteiger partial charge in [0, 0.05) is 0 Å². The number of rotatable bonds is 3. The molecule has 0 aliphatic rings. The van der Waals surface area contributed by atoms with Crippen LogP contribution in [0.1, 0.15) is 6.42 Å². The van der Waals surface area contributed by atoms with Crippen molar-refractivity contribution in [2.24, 2.45) is 5.73 Å². The first kappa shape index (κ1) is 17.1. The van der Waals surface area contributed by atoms with E-state index in [1.807, 2.05) is 0 Å². The fraction of sp³-hybridized carbons (Fsp3) is 0.500. The second kappa shape index (κ2) is 8.04. The maximum atomic E-state index is 9.85. The average Bonchev–Trinajstić information content (AvgIpc) is 1.63. The molecule has 0 aliphatic carbocycles. The minimum absolute atomic E-state index is 0. The summed E-state index contributed by atoms with van der Waals surface area (Å²) in [6, 6.07) is -1.29. The molecule has 0 saturated heterocycles. The second-order valence-corrected chi connectivity index (χ2v) is 1.54. The van der Waals surface area contributed by atoms with Gasteiger partial charge in [0.05, 0.1) is 6.42 Å². The molecule has 0 radical (unpaired) electrons. The Bertz CT molecular complexity index is 140. The second-order valence-electron chi connectivity index (χ2n) is 1.54. The summed E-state index contributed by atoms with van der Waals surface area (Å²) in [7, 11) is 0. The monoisotopic (exact) mass is 297 g/mol. The van der Waals surface area contributed by atoms with E-state index in [2.05, 4.69) is 0 Å². The third-order valence-electron chi connectivity index (χ3n) is 0.712. The van der Waals surface area contributed by atoms with E-state index < -0.39 is 24.4 Å². The zero-order valence-corrected chi connectivity index (χ0v) is 9.77. The number of nitrogens with two attached hydrogens (primary N) is 1. The first-order valence-electron chi connectivity index (χ1n) is 2.24. The topological polar surface area (TPSA) is 101 Å². The predicted molar refractivity (Wildman–Crippen MR) is 45.0 cm³/mol. The first-order chi connectivity index (χ1) is 4.04. The van der Waals surface area contributed by atoms with Crippen molar-refractivity contribution >= 4 is 46.1 Å². The molecule has 0 unspecified atom stereocenters. The Labute approximate surface area is 84.3 Å². The quantitative estimate of drug-likeness (QED) is 0.483. The van der Waals surface area contributed by atoms with Gasteiger partial charge in [-0.25, -0.2) is 0 Å². The molecule has 0 saturated carbocycles. The molecule has 0 spiro atoms. The van der Waals surface area contributed by atoms with Gasteiger partial charge in [-0.05, 0) is 0 Å². The number of carboxylic acids is 2. The third-order valence-corrected chi connectivity index (χ3v) is 0.712. The average molecular weight is 295 g/mol. The van der Waals surface area contributed by atoms with Crippen molar-refractivity contribution in [1.29, 1.82) is 0 Å². The van der Waals surface area contributed by atoms with Gasteiger partial charge >= 0.3 is 46.1 Å². The molecule has 0 bridgehead atoms. The summed E-state index contributed by atoms with van der Waals surface area (Å²) in [5.41, 5.74) is 4.84. The van der Waals surface area contributed by atoms with Crippen LogP contribution in [-0.4, -0.2) is 62.3 Å². The van der Waals surface area contributed by atoms with Crippen molar-refractivity contribution in [3.8, 4) is 0 Å². The molecular weight excluding hydrogens is 284 g/mol. The van der Waals surface area contributed by atoms with Crippen molar-refractivity contribution in [3.05, 3.63) is 0 Å². The van der Waals surface area contributed by atoms with Crippen LogP contribution in [0.3, 0.4) is 0 Å². The first-order valence-corrected chi connectivity index (χ1v) is 2.24.